The minimum Gasteiger partial charge on any atom is -0.480 e. The summed E-state index contributed by atoms with van der Waals surface area (Å²) in [5.74, 6) is 0.00112. The smallest absolute Gasteiger partial charge is 0.327 e. The van der Waals surface area contributed by atoms with E-state index in [9.17, 15) is 9.59 Å². The third kappa shape index (κ3) is 3.71. The number of carboxylic acid groups (broad SMARTS) is 1. The third-order valence-electron chi connectivity index (χ3n) is 2.79. The lowest BCUT2D eigenvalue weighted by Crippen LogP contribution is -2.37. The summed E-state index contributed by atoms with van der Waals surface area (Å²) in [5.41, 5.74) is 2.04. The first-order valence-electron chi connectivity index (χ1n) is 6.04. The van der Waals surface area contributed by atoms with Gasteiger partial charge in [-0.3, -0.25) is 9.78 Å². The molecule has 0 saturated heterocycles. The SMILES string of the molecule is O=CNC(CSCc1ccc2ncccc2c1)C(=O)O. The number of carbonyl (C=O) groups is 2. The number of nitrogens with one attached hydrogen (secondary N) is 1. The summed E-state index contributed by atoms with van der Waals surface area (Å²) in [6.07, 6.45) is 2.17. The number of benzene rings is 1. The first-order chi connectivity index (χ1) is 9.70. The van der Waals surface area contributed by atoms with Gasteiger partial charge in [0.15, 0.2) is 0 Å². The van der Waals surface area contributed by atoms with Crippen LogP contribution in [0.15, 0.2) is 36.5 Å². The van der Waals surface area contributed by atoms with Crippen LogP contribution in [0.4, 0.5) is 0 Å². The van der Waals surface area contributed by atoms with Gasteiger partial charge in [0.25, 0.3) is 0 Å². The highest BCUT2D eigenvalue weighted by Gasteiger charge is 2.15. The fourth-order valence-corrected chi connectivity index (χ4v) is 2.79. The van der Waals surface area contributed by atoms with Gasteiger partial charge < -0.3 is 10.4 Å². The van der Waals surface area contributed by atoms with Crippen LogP contribution in [0, 0.1) is 0 Å². The standard InChI is InChI=1S/C14H14N2O3S/c17-9-16-13(14(18)19)8-20-7-10-3-4-12-11(6-10)2-1-5-15-12/h1-6,9,13H,7-8H2,(H,16,17)(H,18,19). The molecule has 1 unspecified atom stereocenters. The van der Waals surface area contributed by atoms with Crippen LogP contribution in [0.25, 0.3) is 10.9 Å². The lowest BCUT2D eigenvalue weighted by Gasteiger charge is -2.10. The summed E-state index contributed by atoms with van der Waals surface area (Å²) in [6, 6.07) is 8.99. The molecule has 0 fully saturated rings. The number of fused-ring (bicyclic) bond motifs is 1. The van der Waals surface area contributed by atoms with Crippen molar-refractivity contribution in [3.05, 3.63) is 42.1 Å². The normalized spacial score (nSPS) is 12.0. The zero-order chi connectivity index (χ0) is 14.4. The van der Waals surface area contributed by atoms with Gasteiger partial charge in [0.05, 0.1) is 5.52 Å². The number of hydrogen-bond acceptors (Lipinski definition) is 4. The van der Waals surface area contributed by atoms with Crippen molar-refractivity contribution in [1.82, 2.24) is 10.3 Å². The van der Waals surface area contributed by atoms with E-state index in [1.54, 1.807) is 6.20 Å². The van der Waals surface area contributed by atoms with Crippen LogP contribution >= 0.6 is 11.8 Å². The quantitative estimate of drug-likeness (QED) is 0.758. The molecule has 0 bridgehead atoms. The van der Waals surface area contributed by atoms with Crippen LogP contribution in [0.3, 0.4) is 0 Å². The first-order valence-corrected chi connectivity index (χ1v) is 7.20. The summed E-state index contributed by atoms with van der Waals surface area (Å²) in [4.78, 5) is 25.4. The molecule has 2 N–H and O–H groups in total. The average Bonchev–Trinajstić information content (AvgIpc) is 2.46. The maximum absolute atomic E-state index is 10.9. The molecular weight excluding hydrogens is 276 g/mol. The largest absolute Gasteiger partial charge is 0.480 e. The summed E-state index contributed by atoms with van der Waals surface area (Å²) in [7, 11) is 0. The van der Waals surface area contributed by atoms with Crippen LogP contribution in [-0.2, 0) is 15.3 Å². The molecule has 0 aliphatic carbocycles. The first kappa shape index (κ1) is 14.3. The fourth-order valence-electron chi connectivity index (χ4n) is 1.78. The van der Waals surface area contributed by atoms with E-state index in [-0.39, 0.29) is 0 Å². The van der Waals surface area contributed by atoms with Crippen molar-refractivity contribution < 1.29 is 14.7 Å². The fraction of sp³-hybridized carbons (Fsp3) is 0.214. The molecule has 6 heteroatoms. The molecule has 0 radical (unpaired) electrons. The molecule has 2 rings (SSSR count). The van der Waals surface area contributed by atoms with E-state index in [0.29, 0.717) is 17.9 Å². The summed E-state index contributed by atoms with van der Waals surface area (Å²) in [5, 5.41) is 12.2. The van der Waals surface area contributed by atoms with Crippen molar-refractivity contribution in [2.75, 3.05) is 5.75 Å². The molecule has 1 aromatic heterocycles. The van der Waals surface area contributed by atoms with Crippen LogP contribution in [0.1, 0.15) is 5.56 Å². The Kier molecular flexibility index (Phi) is 4.95. The zero-order valence-electron chi connectivity index (χ0n) is 10.7. The van der Waals surface area contributed by atoms with Gasteiger partial charge in [-0.25, -0.2) is 4.79 Å². The minimum atomic E-state index is -1.02. The number of thioether (sulfide) groups is 1. The number of aliphatic carboxylic acids is 1. The Morgan fingerprint density at radius 2 is 2.30 bits per heavy atom. The number of carbonyl (C=O) groups excluding carboxylic acids is 1. The number of hydrogen-bond donors (Lipinski definition) is 2. The van der Waals surface area contributed by atoms with E-state index < -0.39 is 12.0 Å². The maximum atomic E-state index is 10.9. The molecule has 20 heavy (non-hydrogen) atoms. The predicted octanol–water partition coefficient (Wildman–Crippen LogP) is 1.67. The minimum absolute atomic E-state index is 0.332. The average molecular weight is 290 g/mol. The zero-order valence-corrected chi connectivity index (χ0v) is 11.5. The molecule has 1 amide bonds. The number of aromatic nitrogens is 1. The highest BCUT2D eigenvalue weighted by molar-refractivity contribution is 7.98. The Morgan fingerprint density at radius 3 is 3.05 bits per heavy atom. The van der Waals surface area contributed by atoms with Crippen LogP contribution in [0.5, 0.6) is 0 Å². The Labute approximate surface area is 120 Å². The highest BCUT2D eigenvalue weighted by Crippen LogP contribution is 2.18. The van der Waals surface area contributed by atoms with E-state index in [0.717, 1.165) is 16.5 Å². The molecule has 5 nitrogen and oxygen atoms in total. The lowest BCUT2D eigenvalue weighted by atomic mass is 10.1. The third-order valence-corrected chi connectivity index (χ3v) is 3.89. The van der Waals surface area contributed by atoms with E-state index in [2.05, 4.69) is 10.3 Å². The number of rotatable bonds is 7. The Hall–Kier alpha value is -2.08. The van der Waals surface area contributed by atoms with E-state index in [4.69, 9.17) is 5.11 Å². The van der Waals surface area contributed by atoms with Gasteiger partial charge in [-0.15, -0.1) is 0 Å². The van der Waals surface area contributed by atoms with E-state index in [1.807, 2.05) is 30.3 Å². The lowest BCUT2D eigenvalue weighted by molar-refractivity contribution is -0.139. The second-order valence-electron chi connectivity index (χ2n) is 4.22. The summed E-state index contributed by atoms with van der Waals surface area (Å²) >= 11 is 1.47. The molecule has 2 aromatic rings. The van der Waals surface area contributed by atoms with Crippen molar-refractivity contribution in [3.8, 4) is 0 Å². The molecule has 1 heterocycles. The number of carboxylic acids is 1. The molecule has 0 spiro atoms. The molecular formula is C14H14N2O3S. The molecule has 104 valence electrons. The number of pyridine rings is 1. The van der Waals surface area contributed by atoms with Gasteiger partial charge in [0, 0.05) is 23.1 Å². The summed E-state index contributed by atoms with van der Waals surface area (Å²) in [6.45, 7) is 0. The van der Waals surface area contributed by atoms with E-state index in [1.165, 1.54) is 11.8 Å². The van der Waals surface area contributed by atoms with Gasteiger partial charge in [0.2, 0.25) is 6.41 Å². The number of nitrogens with zero attached hydrogens (tertiary/aromatic N) is 1. The molecule has 1 aromatic carbocycles. The van der Waals surface area contributed by atoms with Gasteiger partial charge in [-0.1, -0.05) is 12.1 Å². The Bertz CT molecular complexity index is 618. The van der Waals surface area contributed by atoms with Crippen molar-refractivity contribution in [3.63, 3.8) is 0 Å². The van der Waals surface area contributed by atoms with Crippen molar-refractivity contribution in [2.24, 2.45) is 0 Å². The van der Waals surface area contributed by atoms with Crippen LogP contribution in [0.2, 0.25) is 0 Å². The topological polar surface area (TPSA) is 79.3 Å². The summed E-state index contributed by atoms with van der Waals surface area (Å²) < 4.78 is 0. The molecule has 0 aliphatic heterocycles. The molecule has 0 aliphatic rings. The molecule has 0 saturated carbocycles. The predicted molar refractivity (Wildman–Crippen MR) is 78.5 cm³/mol. The van der Waals surface area contributed by atoms with Crippen molar-refractivity contribution >= 4 is 35.0 Å². The molecule has 1 atom stereocenters. The van der Waals surface area contributed by atoms with Gasteiger partial charge in [0.1, 0.15) is 6.04 Å². The monoisotopic (exact) mass is 290 g/mol. The highest BCUT2D eigenvalue weighted by atomic mass is 32.2. The second kappa shape index (κ2) is 6.91. The Balaban J connectivity index is 1.95. The second-order valence-corrected chi connectivity index (χ2v) is 5.25. The van der Waals surface area contributed by atoms with Crippen molar-refractivity contribution in [2.45, 2.75) is 11.8 Å². The van der Waals surface area contributed by atoms with Crippen LogP contribution < -0.4 is 5.32 Å². The van der Waals surface area contributed by atoms with Crippen LogP contribution in [-0.4, -0.2) is 34.3 Å². The Morgan fingerprint density at radius 1 is 1.45 bits per heavy atom. The van der Waals surface area contributed by atoms with E-state index >= 15 is 0 Å². The van der Waals surface area contributed by atoms with Gasteiger partial charge in [-0.05, 0) is 23.8 Å². The van der Waals surface area contributed by atoms with Gasteiger partial charge in [-0.2, -0.15) is 11.8 Å². The van der Waals surface area contributed by atoms with Gasteiger partial charge >= 0.3 is 5.97 Å². The number of amides is 1. The maximum Gasteiger partial charge on any atom is 0.327 e. The van der Waals surface area contributed by atoms with Crippen molar-refractivity contribution in [1.29, 1.82) is 0 Å².